The van der Waals surface area contributed by atoms with Gasteiger partial charge in [-0.05, 0) is 71.7 Å². The van der Waals surface area contributed by atoms with E-state index in [1.165, 1.54) is 0 Å². The van der Waals surface area contributed by atoms with E-state index in [0.29, 0.717) is 22.7 Å². The van der Waals surface area contributed by atoms with E-state index in [0.717, 1.165) is 22.7 Å². The Bertz CT molecular complexity index is 1140. The molecule has 0 unspecified atom stereocenters. The zero-order valence-corrected chi connectivity index (χ0v) is 19.6. The Kier molecular flexibility index (Phi) is 6.16. The van der Waals surface area contributed by atoms with Crippen LogP contribution < -0.4 is 20.4 Å². The van der Waals surface area contributed by atoms with Gasteiger partial charge in [-0.3, -0.25) is 0 Å². The summed E-state index contributed by atoms with van der Waals surface area (Å²) in [6.07, 6.45) is 0. The maximum absolute atomic E-state index is 6.24. The van der Waals surface area contributed by atoms with Crippen LogP contribution in [-0.2, 0) is 0 Å². The van der Waals surface area contributed by atoms with Crippen LogP contribution in [0.15, 0.2) is 48.5 Å². The fourth-order valence-corrected chi connectivity index (χ4v) is 3.43. The first kappa shape index (κ1) is 21.9. The zero-order valence-electron chi connectivity index (χ0n) is 18.1. The molecule has 0 atom stereocenters. The van der Waals surface area contributed by atoms with Crippen molar-refractivity contribution in [3.05, 3.63) is 59.1 Å². The van der Waals surface area contributed by atoms with Crippen molar-refractivity contribution in [2.75, 3.05) is 48.6 Å². The van der Waals surface area contributed by atoms with Crippen LogP contribution in [0.5, 0.6) is 0 Å². The summed E-state index contributed by atoms with van der Waals surface area (Å²) in [6.45, 7) is 0. The molecule has 0 bridgehead atoms. The van der Waals surface area contributed by atoms with Crippen molar-refractivity contribution in [2.24, 2.45) is 0 Å². The number of benzene rings is 2. The largest absolute Gasteiger partial charge is 0.378 e. The van der Waals surface area contributed by atoms with Crippen LogP contribution in [0, 0.1) is 0 Å². The highest BCUT2D eigenvalue weighted by Gasteiger charge is 2.16. The van der Waals surface area contributed by atoms with E-state index in [4.69, 9.17) is 23.2 Å². The Labute approximate surface area is 196 Å². The van der Waals surface area contributed by atoms with Crippen molar-refractivity contribution >= 4 is 68.6 Å². The highest BCUT2D eigenvalue weighted by atomic mass is 35.5. The normalized spacial score (nSPS) is 10.8. The molecule has 0 fully saturated rings. The van der Waals surface area contributed by atoms with Crippen LogP contribution in [-0.4, -0.2) is 48.1 Å². The van der Waals surface area contributed by atoms with Gasteiger partial charge in [0, 0.05) is 50.9 Å². The Hall–Kier alpha value is -3.36. The molecule has 2 heterocycles. The van der Waals surface area contributed by atoms with Crippen LogP contribution in [0.1, 0.15) is 0 Å². The van der Waals surface area contributed by atoms with Gasteiger partial charge < -0.3 is 20.4 Å². The molecule has 8 nitrogen and oxygen atoms in total. The van der Waals surface area contributed by atoms with Crippen molar-refractivity contribution in [3.63, 3.8) is 0 Å². The molecular formula is C22H22Cl2N8. The minimum atomic E-state index is 0.0711. The smallest absolute Gasteiger partial charge is 0.225 e. The summed E-state index contributed by atoms with van der Waals surface area (Å²) in [7, 11) is 7.95. The molecule has 0 saturated heterocycles. The van der Waals surface area contributed by atoms with E-state index in [-0.39, 0.29) is 10.6 Å². The molecule has 2 N–H and O–H groups in total. The predicted molar refractivity (Wildman–Crippen MR) is 133 cm³/mol. The van der Waals surface area contributed by atoms with Crippen molar-refractivity contribution in [1.82, 2.24) is 19.9 Å². The first-order valence-corrected chi connectivity index (χ1v) is 10.6. The molecule has 4 aromatic rings. The number of hydrogen-bond acceptors (Lipinski definition) is 8. The van der Waals surface area contributed by atoms with Crippen LogP contribution in [0.4, 0.5) is 34.4 Å². The maximum atomic E-state index is 6.24. The maximum Gasteiger partial charge on any atom is 0.225 e. The number of anilines is 6. The van der Waals surface area contributed by atoms with E-state index >= 15 is 0 Å². The van der Waals surface area contributed by atoms with Crippen molar-refractivity contribution in [1.29, 1.82) is 0 Å². The van der Waals surface area contributed by atoms with Gasteiger partial charge in [0.15, 0.2) is 11.6 Å². The predicted octanol–water partition coefficient (Wildman–Crippen LogP) is 5.35. The molecule has 4 rings (SSSR count). The molecule has 0 aliphatic carbocycles. The number of aromatic nitrogens is 4. The molecule has 32 heavy (non-hydrogen) atoms. The highest BCUT2D eigenvalue weighted by Crippen LogP contribution is 2.31. The zero-order chi connectivity index (χ0) is 22.8. The summed E-state index contributed by atoms with van der Waals surface area (Å²) in [5.41, 5.74) is 4.74. The molecule has 0 amide bonds. The third kappa shape index (κ3) is 4.76. The lowest BCUT2D eigenvalue weighted by atomic mass is 10.2. The lowest BCUT2D eigenvalue weighted by Crippen LogP contribution is -2.08. The van der Waals surface area contributed by atoms with Crippen molar-refractivity contribution in [2.45, 2.75) is 0 Å². The molecule has 0 aliphatic heterocycles. The number of nitrogens with one attached hydrogen (secondary N) is 2. The first-order valence-electron chi connectivity index (χ1n) is 9.80. The van der Waals surface area contributed by atoms with Gasteiger partial charge in [-0.2, -0.15) is 9.97 Å². The van der Waals surface area contributed by atoms with Gasteiger partial charge in [-0.15, -0.1) is 0 Å². The minimum Gasteiger partial charge on any atom is -0.378 e. The third-order valence-corrected chi connectivity index (χ3v) is 5.12. The molecule has 0 spiro atoms. The number of hydrogen-bond donors (Lipinski definition) is 2. The van der Waals surface area contributed by atoms with E-state index in [1.54, 1.807) is 0 Å². The van der Waals surface area contributed by atoms with Crippen molar-refractivity contribution < 1.29 is 0 Å². The van der Waals surface area contributed by atoms with Gasteiger partial charge in [-0.25, -0.2) is 9.97 Å². The van der Waals surface area contributed by atoms with Gasteiger partial charge in [0.05, 0.1) is 0 Å². The minimum absolute atomic E-state index is 0.0711. The second-order valence-electron chi connectivity index (χ2n) is 7.51. The molecule has 10 heteroatoms. The Morgan fingerprint density at radius 2 is 0.906 bits per heavy atom. The summed E-state index contributed by atoms with van der Waals surface area (Å²) in [5, 5.41) is 6.65. The average Bonchev–Trinajstić information content (AvgIpc) is 2.75. The fourth-order valence-electron chi connectivity index (χ4n) is 3.09. The van der Waals surface area contributed by atoms with Gasteiger partial charge in [0.25, 0.3) is 0 Å². The van der Waals surface area contributed by atoms with E-state index in [9.17, 15) is 0 Å². The summed E-state index contributed by atoms with van der Waals surface area (Å²) in [6, 6.07) is 15.8. The first-order chi connectivity index (χ1) is 15.3. The van der Waals surface area contributed by atoms with Gasteiger partial charge in [0.1, 0.15) is 11.0 Å². The molecule has 2 aromatic heterocycles. The standard InChI is InChI=1S/C22H22Cl2N8/c1-31(2)15-9-5-13(6-10-15)25-19-17-18(28-21(23)29-19)20(30-22(24)27-17)26-14-7-11-16(12-8-14)32(3)4/h5-12H,1-4H3,(H,25,28,29)(H,26,27,30). The van der Waals surface area contributed by atoms with Gasteiger partial charge >= 0.3 is 0 Å². The summed E-state index contributed by atoms with van der Waals surface area (Å²) in [5.74, 6) is 0.876. The van der Waals surface area contributed by atoms with Gasteiger partial charge in [0.2, 0.25) is 10.6 Å². The number of nitrogens with zero attached hydrogens (tertiary/aromatic N) is 6. The second-order valence-corrected chi connectivity index (χ2v) is 8.19. The fraction of sp³-hybridized carbons (Fsp3) is 0.182. The average molecular weight is 469 g/mol. The number of fused-ring (bicyclic) bond motifs is 1. The van der Waals surface area contributed by atoms with Crippen LogP contribution in [0.2, 0.25) is 10.6 Å². The summed E-state index contributed by atoms with van der Waals surface area (Å²) < 4.78 is 0. The highest BCUT2D eigenvalue weighted by molar-refractivity contribution is 6.30. The summed E-state index contributed by atoms with van der Waals surface area (Å²) in [4.78, 5) is 21.4. The summed E-state index contributed by atoms with van der Waals surface area (Å²) >= 11 is 12.5. The van der Waals surface area contributed by atoms with Crippen LogP contribution in [0.25, 0.3) is 11.0 Å². The molecule has 164 valence electrons. The quantitative estimate of drug-likeness (QED) is 0.366. The third-order valence-electron chi connectivity index (χ3n) is 4.78. The molecule has 0 aliphatic rings. The van der Waals surface area contributed by atoms with E-state index in [2.05, 4.69) is 30.6 Å². The monoisotopic (exact) mass is 468 g/mol. The lowest BCUT2D eigenvalue weighted by molar-refractivity contribution is 1.13. The van der Waals surface area contributed by atoms with Crippen molar-refractivity contribution in [3.8, 4) is 0 Å². The van der Waals surface area contributed by atoms with Gasteiger partial charge in [-0.1, -0.05) is 0 Å². The van der Waals surface area contributed by atoms with E-state index in [1.807, 2.05) is 86.5 Å². The Balaban J connectivity index is 1.72. The van der Waals surface area contributed by atoms with Crippen LogP contribution >= 0.6 is 23.2 Å². The number of halogens is 2. The molecule has 0 saturated carbocycles. The van der Waals surface area contributed by atoms with E-state index < -0.39 is 0 Å². The molecule has 0 radical (unpaired) electrons. The topological polar surface area (TPSA) is 82.1 Å². The lowest BCUT2D eigenvalue weighted by Gasteiger charge is -2.15. The molecular weight excluding hydrogens is 447 g/mol. The molecule has 2 aromatic carbocycles. The Morgan fingerprint density at radius 1 is 0.562 bits per heavy atom. The number of rotatable bonds is 6. The second kappa shape index (κ2) is 9.02. The Morgan fingerprint density at radius 3 is 1.22 bits per heavy atom. The SMILES string of the molecule is CN(C)c1ccc(Nc2nc(Cl)nc3c(Nc4ccc(N(C)C)cc4)nc(Cl)nc23)cc1. The van der Waals surface area contributed by atoms with Crippen LogP contribution in [0.3, 0.4) is 0 Å².